The van der Waals surface area contributed by atoms with Crippen molar-refractivity contribution in [3.63, 3.8) is 0 Å². The van der Waals surface area contributed by atoms with Crippen LogP contribution in [0.15, 0.2) is 12.1 Å². The number of carboxylic acids is 1. The number of amides is 1. The average Bonchev–Trinajstić information content (AvgIpc) is 2.37. The van der Waals surface area contributed by atoms with E-state index in [1.165, 1.54) is 0 Å². The number of aromatic carboxylic acids is 1. The predicted octanol–water partition coefficient (Wildman–Crippen LogP) is 1.80. The fourth-order valence-electron chi connectivity index (χ4n) is 1.84. The second-order valence-electron chi connectivity index (χ2n) is 5.11. The lowest BCUT2D eigenvalue weighted by atomic mass is 10.0. The lowest BCUT2D eigenvalue weighted by Gasteiger charge is -2.14. The minimum atomic E-state index is -1.54. The van der Waals surface area contributed by atoms with Gasteiger partial charge < -0.3 is 15.5 Å². The van der Waals surface area contributed by atoms with Crippen LogP contribution in [0.2, 0.25) is 0 Å². The molecule has 1 amide bonds. The molecule has 1 aromatic carbocycles. The van der Waals surface area contributed by atoms with Gasteiger partial charge in [0.25, 0.3) is 5.91 Å². The molecule has 0 aliphatic carbocycles. The van der Waals surface area contributed by atoms with E-state index in [2.05, 4.69) is 5.32 Å². The monoisotopic (exact) mass is 301 g/mol. The van der Waals surface area contributed by atoms with Gasteiger partial charge in [0.1, 0.15) is 0 Å². The first-order valence-corrected chi connectivity index (χ1v) is 6.41. The highest BCUT2D eigenvalue weighted by Gasteiger charge is 2.21. The zero-order valence-corrected chi connectivity index (χ0v) is 11.7. The smallest absolute Gasteiger partial charge is 0.336 e. The fourth-order valence-corrected chi connectivity index (χ4v) is 1.84. The van der Waals surface area contributed by atoms with E-state index in [0.29, 0.717) is 18.6 Å². The molecule has 0 bridgehead atoms. The van der Waals surface area contributed by atoms with E-state index >= 15 is 0 Å². The Hall–Kier alpha value is -2.02. The molecule has 0 spiro atoms. The van der Waals surface area contributed by atoms with Crippen LogP contribution >= 0.6 is 0 Å². The standard InChI is InChI=1S/C14H17F2NO4/c1-7(2)3-8(18)6-17-13(19)9-4-11(15)12(16)5-10(9)14(20)21/h4-5,7-8,18H,3,6H2,1-2H3,(H,17,19)(H,20,21). The summed E-state index contributed by atoms with van der Waals surface area (Å²) in [5.41, 5.74) is -1.12. The van der Waals surface area contributed by atoms with Gasteiger partial charge in [-0.25, -0.2) is 13.6 Å². The minimum absolute atomic E-state index is 0.102. The van der Waals surface area contributed by atoms with Crippen molar-refractivity contribution in [2.75, 3.05) is 6.54 Å². The Bertz CT molecular complexity index is 546. The van der Waals surface area contributed by atoms with Crippen LogP contribution in [0.1, 0.15) is 41.0 Å². The third-order valence-electron chi connectivity index (χ3n) is 2.78. The first kappa shape index (κ1) is 17.0. The normalized spacial score (nSPS) is 12.3. The van der Waals surface area contributed by atoms with Crippen molar-refractivity contribution in [3.05, 3.63) is 34.9 Å². The van der Waals surface area contributed by atoms with Crippen LogP contribution in [-0.4, -0.2) is 34.7 Å². The zero-order chi connectivity index (χ0) is 16.2. The molecule has 1 unspecified atom stereocenters. The van der Waals surface area contributed by atoms with Crippen LogP contribution in [0.3, 0.4) is 0 Å². The van der Waals surface area contributed by atoms with E-state index in [4.69, 9.17) is 5.11 Å². The Morgan fingerprint density at radius 3 is 2.19 bits per heavy atom. The third-order valence-corrected chi connectivity index (χ3v) is 2.78. The second kappa shape index (κ2) is 7.12. The van der Waals surface area contributed by atoms with Crippen LogP contribution in [0.5, 0.6) is 0 Å². The molecule has 5 nitrogen and oxygen atoms in total. The molecule has 0 aromatic heterocycles. The minimum Gasteiger partial charge on any atom is -0.478 e. The Morgan fingerprint density at radius 2 is 1.71 bits per heavy atom. The molecule has 0 saturated heterocycles. The van der Waals surface area contributed by atoms with Gasteiger partial charge in [-0.1, -0.05) is 13.8 Å². The van der Waals surface area contributed by atoms with Crippen LogP contribution < -0.4 is 5.32 Å². The summed E-state index contributed by atoms with van der Waals surface area (Å²) in [5.74, 6) is -4.86. The van der Waals surface area contributed by atoms with Crippen molar-refractivity contribution in [2.24, 2.45) is 5.92 Å². The number of hydrogen-bond acceptors (Lipinski definition) is 3. The van der Waals surface area contributed by atoms with E-state index in [1.807, 2.05) is 13.8 Å². The Morgan fingerprint density at radius 1 is 1.19 bits per heavy atom. The van der Waals surface area contributed by atoms with Crippen molar-refractivity contribution in [1.29, 1.82) is 0 Å². The number of carboxylic acid groups (broad SMARTS) is 1. The quantitative estimate of drug-likeness (QED) is 0.748. The number of benzene rings is 1. The van der Waals surface area contributed by atoms with E-state index in [9.17, 15) is 23.5 Å². The second-order valence-corrected chi connectivity index (χ2v) is 5.11. The molecule has 0 aliphatic rings. The van der Waals surface area contributed by atoms with Gasteiger partial charge in [0, 0.05) is 6.54 Å². The number of aliphatic hydroxyl groups excluding tert-OH is 1. The number of carbonyl (C=O) groups excluding carboxylic acids is 1. The van der Waals surface area contributed by atoms with Gasteiger partial charge in [-0.2, -0.15) is 0 Å². The molecule has 0 heterocycles. The Balaban J connectivity index is 2.87. The lowest BCUT2D eigenvalue weighted by Crippen LogP contribution is -2.33. The van der Waals surface area contributed by atoms with Gasteiger partial charge in [-0.05, 0) is 24.5 Å². The number of carbonyl (C=O) groups is 2. The number of rotatable bonds is 6. The molecule has 1 atom stereocenters. The maximum absolute atomic E-state index is 13.2. The molecule has 0 aliphatic heterocycles. The number of halogens is 2. The van der Waals surface area contributed by atoms with Crippen LogP contribution in [0, 0.1) is 17.6 Å². The van der Waals surface area contributed by atoms with Crippen LogP contribution in [-0.2, 0) is 0 Å². The topological polar surface area (TPSA) is 86.6 Å². The predicted molar refractivity (Wildman–Crippen MR) is 71.1 cm³/mol. The highest BCUT2D eigenvalue weighted by atomic mass is 19.2. The first-order valence-electron chi connectivity index (χ1n) is 6.41. The molecule has 0 saturated carbocycles. The molecular weight excluding hydrogens is 284 g/mol. The van der Waals surface area contributed by atoms with Gasteiger partial charge >= 0.3 is 5.97 Å². The van der Waals surface area contributed by atoms with Gasteiger partial charge in [-0.3, -0.25) is 4.79 Å². The zero-order valence-electron chi connectivity index (χ0n) is 11.7. The molecule has 7 heteroatoms. The SMILES string of the molecule is CC(C)CC(O)CNC(=O)c1cc(F)c(F)cc1C(=O)O. The van der Waals surface area contributed by atoms with E-state index in [1.54, 1.807) is 0 Å². The van der Waals surface area contributed by atoms with Crippen LogP contribution in [0.25, 0.3) is 0 Å². The Labute approximate surface area is 120 Å². The average molecular weight is 301 g/mol. The van der Waals surface area contributed by atoms with Gasteiger partial charge in [0.05, 0.1) is 17.2 Å². The summed E-state index contributed by atoms with van der Waals surface area (Å²) < 4.78 is 26.2. The number of nitrogens with one attached hydrogen (secondary N) is 1. The molecule has 1 aromatic rings. The van der Waals surface area contributed by atoms with Gasteiger partial charge in [0.2, 0.25) is 0 Å². The number of aliphatic hydroxyl groups is 1. The first-order chi connectivity index (χ1) is 9.72. The molecule has 0 radical (unpaired) electrons. The lowest BCUT2D eigenvalue weighted by molar-refractivity contribution is 0.0689. The highest BCUT2D eigenvalue weighted by molar-refractivity contribution is 6.04. The summed E-state index contributed by atoms with van der Waals surface area (Å²) in [4.78, 5) is 22.8. The van der Waals surface area contributed by atoms with Gasteiger partial charge in [-0.15, -0.1) is 0 Å². The van der Waals surface area contributed by atoms with Crippen LogP contribution in [0.4, 0.5) is 8.78 Å². The van der Waals surface area contributed by atoms with Crippen molar-refractivity contribution in [3.8, 4) is 0 Å². The molecule has 21 heavy (non-hydrogen) atoms. The van der Waals surface area contributed by atoms with Gasteiger partial charge in [0.15, 0.2) is 11.6 Å². The van der Waals surface area contributed by atoms with E-state index < -0.39 is 40.7 Å². The molecule has 0 fully saturated rings. The molecule has 3 N–H and O–H groups in total. The van der Waals surface area contributed by atoms with Crippen molar-refractivity contribution < 1.29 is 28.6 Å². The summed E-state index contributed by atoms with van der Waals surface area (Å²) in [6.07, 6.45) is -0.350. The van der Waals surface area contributed by atoms with Crippen molar-refractivity contribution in [1.82, 2.24) is 5.32 Å². The Kier molecular flexibility index (Phi) is 5.78. The highest BCUT2D eigenvalue weighted by Crippen LogP contribution is 2.15. The fraction of sp³-hybridized carbons (Fsp3) is 0.429. The third kappa shape index (κ3) is 4.78. The maximum atomic E-state index is 13.2. The summed E-state index contributed by atoms with van der Waals surface area (Å²) in [6, 6.07) is 0.986. The maximum Gasteiger partial charge on any atom is 0.336 e. The van der Waals surface area contributed by atoms with Crippen molar-refractivity contribution >= 4 is 11.9 Å². The van der Waals surface area contributed by atoms with E-state index in [-0.39, 0.29) is 12.5 Å². The molecule has 116 valence electrons. The summed E-state index contributed by atoms with van der Waals surface area (Å²) in [6.45, 7) is 3.68. The largest absolute Gasteiger partial charge is 0.478 e. The summed E-state index contributed by atoms with van der Waals surface area (Å²) >= 11 is 0. The summed E-state index contributed by atoms with van der Waals surface area (Å²) in [5, 5.41) is 20.8. The van der Waals surface area contributed by atoms with E-state index in [0.717, 1.165) is 0 Å². The molecular formula is C14H17F2NO4. The molecule has 1 rings (SSSR count). The summed E-state index contributed by atoms with van der Waals surface area (Å²) in [7, 11) is 0. The number of hydrogen-bond donors (Lipinski definition) is 3. The van der Waals surface area contributed by atoms with Crippen molar-refractivity contribution in [2.45, 2.75) is 26.4 Å².